The fraction of sp³-hybridized carbons (Fsp3) is 0.515. The summed E-state index contributed by atoms with van der Waals surface area (Å²) >= 11 is 1.59. The van der Waals surface area contributed by atoms with E-state index >= 15 is 0 Å². The van der Waals surface area contributed by atoms with Gasteiger partial charge in [0.2, 0.25) is 11.8 Å². The van der Waals surface area contributed by atoms with Crippen LogP contribution in [0.5, 0.6) is 11.8 Å². The van der Waals surface area contributed by atoms with E-state index in [2.05, 4.69) is 43.1 Å². The van der Waals surface area contributed by atoms with Gasteiger partial charge in [0.1, 0.15) is 35.7 Å². The van der Waals surface area contributed by atoms with E-state index in [1.165, 1.54) is 4.90 Å². The Morgan fingerprint density at radius 1 is 0.897 bits per heavy atom. The number of fused-ring (bicyclic) bond motifs is 8. The van der Waals surface area contributed by atoms with Gasteiger partial charge in [0.25, 0.3) is 0 Å². The van der Waals surface area contributed by atoms with E-state index in [9.17, 15) is 24.6 Å². The fourth-order valence-electron chi connectivity index (χ4n) is 14.2. The van der Waals surface area contributed by atoms with Gasteiger partial charge in [-0.2, -0.15) is 9.97 Å². The number of likely N-dealkylation sites (tertiary alicyclic amines) is 2. The van der Waals surface area contributed by atoms with Gasteiger partial charge in [-0.25, -0.2) is 9.78 Å². The van der Waals surface area contributed by atoms with Gasteiger partial charge in [0.05, 0.1) is 63.1 Å². The third kappa shape index (κ3) is 11.6. The number of hydrogen-bond acceptors (Lipinski definition) is 18. The number of aromatic hydroxyl groups is 1. The second-order valence-electron chi connectivity index (χ2n) is 26.2. The zero-order valence-corrected chi connectivity index (χ0v) is 51.8. The number of pyridine rings is 1. The van der Waals surface area contributed by atoms with Crippen molar-refractivity contribution < 1.29 is 43.3 Å². The minimum Gasteiger partial charge on any atom is -0.508 e. The molecule has 0 saturated carbocycles. The summed E-state index contributed by atoms with van der Waals surface area (Å²) < 4.78 is 25.1. The molecule has 7 aliphatic rings. The van der Waals surface area contributed by atoms with Gasteiger partial charge in [-0.1, -0.05) is 68.4 Å². The number of carbonyl (C=O) groups is 3. The minimum atomic E-state index is -0.832. The van der Waals surface area contributed by atoms with Crippen molar-refractivity contribution in [3.63, 3.8) is 0 Å². The summed E-state index contributed by atoms with van der Waals surface area (Å²) in [6, 6.07) is 18.8. The van der Waals surface area contributed by atoms with Crippen molar-refractivity contribution >= 4 is 62.6 Å². The van der Waals surface area contributed by atoms with Crippen molar-refractivity contribution in [2.75, 3.05) is 68.8 Å². The minimum absolute atomic E-state index is 0.00296. The van der Waals surface area contributed by atoms with Crippen molar-refractivity contribution in [1.29, 1.82) is 0 Å². The third-order valence-electron chi connectivity index (χ3n) is 18.7. The number of nitrogens with zero attached hydrogens (tertiary/aromatic N) is 10. The molecule has 6 saturated heterocycles. The number of amides is 3. The molecule has 3 N–H and O–H groups in total. The molecular weight excluding hydrogens is 1120 g/mol. The highest BCUT2D eigenvalue weighted by Gasteiger charge is 2.46. The molecule has 0 spiro atoms. The first-order chi connectivity index (χ1) is 41.8. The number of nitrogens with one attached hydrogen (secondary N) is 1. The number of ether oxygens (including phenoxy) is 3. The normalized spacial score (nSPS) is 22.4. The van der Waals surface area contributed by atoms with Crippen molar-refractivity contribution in [2.24, 2.45) is 5.92 Å². The summed E-state index contributed by atoms with van der Waals surface area (Å²) in [5, 5.41) is 32.2. The Morgan fingerprint density at radius 3 is 2.43 bits per heavy atom. The first-order valence-electron chi connectivity index (χ1n) is 31.1. The molecule has 7 aromatic rings. The number of aromatic nitrogens is 5. The summed E-state index contributed by atoms with van der Waals surface area (Å²) in [4.78, 5) is 73.3. The van der Waals surface area contributed by atoms with Gasteiger partial charge in [0, 0.05) is 94.1 Å². The molecule has 87 heavy (non-hydrogen) atoms. The van der Waals surface area contributed by atoms with Gasteiger partial charge >= 0.3 is 12.1 Å². The van der Waals surface area contributed by atoms with Gasteiger partial charge in [-0.05, 0) is 112 Å². The van der Waals surface area contributed by atoms with Crippen molar-refractivity contribution in [2.45, 2.75) is 154 Å². The van der Waals surface area contributed by atoms with Gasteiger partial charge in [0.15, 0.2) is 11.6 Å². The zero-order valence-electron chi connectivity index (χ0n) is 50.9. The summed E-state index contributed by atoms with van der Waals surface area (Å²) in [6.07, 6.45) is 5.55. The van der Waals surface area contributed by atoms with Crippen LogP contribution in [0.1, 0.15) is 133 Å². The molecule has 21 heteroatoms. The molecule has 14 rings (SSSR count). The van der Waals surface area contributed by atoms with Crippen molar-refractivity contribution in [1.82, 2.24) is 45.1 Å². The van der Waals surface area contributed by atoms with E-state index in [1.807, 2.05) is 120 Å². The molecule has 3 unspecified atom stereocenters. The van der Waals surface area contributed by atoms with Crippen LogP contribution in [0.25, 0.3) is 43.4 Å². The molecule has 20 nitrogen and oxygen atoms in total. The number of piperazine rings is 1. The highest BCUT2D eigenvalue weighted by Crippen LogP contribution is 2.49. The first kappa shape index (κ1) is 58.6. The Morgan fingerprint density at radius 2 is 1.68 bits per heavy atom. The monoisotopic (exact) mass is 1200 g/mol. The van der Waals surface area contributed by atoms with E-state index in [-0.39, 0.29) is 78.8 Å². The van der Waals surface area contributed by atoms with Crippen LogP contribution in [0.15, 0.2) is 76.9 Å². The molecule has 4 aromatic heterocycles. The van der Waals surface area contributed by atoms with Crippen LogP contribution >= 0.6 is 11.3 Å². The molecule has 2 bridgehead atoms. The SMILES string of the molecule is Cc1ncsc1-c1ccc([C@H](C)NC(=O)[C@@H]2C[C@@H](O)CN2C(=O)[C@@H](c2cc(N3CC(OC4CCN(CCOc5nc(N6CC7CCCC6CN7C(=O)OC(C)(C)C)c6cnc7c(c6n5)C(C)c5cccc6cc(O)cc-7c56)CC4)C3)no2)C(C)C)cc1. The number of benzene rings is 3. The summed E-state index contributed by atoms with van der Waals surface area (Å²) in [5.74, 6) is 0.493. The number of thiazole rings is 1. The standard InChI is InChI=1S/C66H79N11O9S/c1-36(2)55(63(81)77-32-46(79)27-52(77)62(80)69-38(4)40-15-17-41(18-16-40)60-39(5)68-35-87-60)53-28-54(72-86-53)74-33-48(34-74)84-47-19-21-73(22-20-47)23-24-83-64-70-59-51(29-67-58-50-26-45(78)25-42-11-9-14-49(57(42)50)37(3)56(58)59)61(71-64)75-30-44-13-10-12-43(75)31-76(44)65(82)85-66(6,7)8/h9,11,14-18,25-26,28-29,35-38,43-44,46-48,52,55,78-79H,10,12-13,19-24,27,30-34H2,1-8H3,(H,69,80)/t37?,38-,43?,44?,46+,52-,55+/m0/s1. The number of anilines is 2. The van der Waals surface area contributed by atoms with Crippen LogP contribution < -0.4 is 19.9 Å². The number of phenolic OH excluding ortho intramolecular Hbond substituents is 1. The average Bonchev–Trinajstić information content (AvgIpc) is 1.34. The average molecular weight is 1200 g/mol. The molecule has 6 fully saturated rings. The molecule has 0 radical (unpaired) electrons. The van der Waals surface area contributed by atoms with Crippen LogP contribution in [0, 0.1) is 12.8 Å². The predicted octanol–water partition coefficient (Wildman–Crippen LogP) is 9.74. The van der Waals surface area contributed by atoms with Crippen LogP contribution in [0.3, 0.4) is 0 Å². The number of aliphatic hydroxyl groups is 1. The highest BCUT2D eigenvalue weighted by molar-refractivity contribution is 7.13. The second-order valence-corrected chi connectivity index (χ2v) is 27.0. The van der Waals surface area contributed by atoms with Gasteiger partial charge in [-0.15, -0.1) is 11.3 Å². The number of aliphatic hydroxyl groups excluding tert-OH is 1. The van der Waals surface area contributed by atoms with Gasteiger partial charge in [-0.3, -0.25) is 19.5 Å². The van der Waals surface area contributed by atoms with Crippen LogP contribution in [0.2, 0.25) is 0 Å². The van der Waals surface area contributed by atoms with Gasteiger partial charge < -0.3 is 53.9 Å². The van der Waals surface area contributed by atoms with E-state index in [0.717, 1.165) is 117 Å². The first-order valence-corrected chi connectivity index (χ1v) is 31.9. The molecule has 6 aliphatic heterocycles. The van der Waals surface area contributed by atoms with E-state index in [4.69, 9.17) is 33.7 Å². The van der Waals surface area contributed by atoms with Crippen molar-refractivity contribution in [3.8, 4) is 33.5 Å². The van der Waals surface area contributed by atoms with Crippen LogP contribution in [-0.2, 0) is 19.1 Å². The Hall–Kier alpha value is -7.46. The molecule has 458 valence electrons. The molecule has 7 atom stereocenters. The molecule has 10 heterocycles. The Bertz CT molecular complexity index is 3720. The lowest BCUT2D eigenvalue weighted by Gasteiger charge is -2.44. The zero-order chi connectivity index (χ0) is 60.6. The maximum absolute atomic E-state index is 14.4. The number of rotatable bonds is 15. The second kappa shape index (κ2) is 23.6. The maximum Gasteiger partial charge on any atom is 0.410 e. The van der Waals surface area contributed by atoms with Crippen LogP contribution in [-0.4, -0.2) is 169 Å². The van der Waals surface area contributed by atoms with Crippen LogP contribution in [0.4, 0.5) is 16.4 Å². The third-order valence-corrected chi connectivity index (χ3v) is 19.7. The molecular formula is C66H79N11O9S. The number of aryl methyl sites for hydroxylation is 1. The quantitative estimate of drug-likeness (QED) is 0.0868. The Balaban J connectivity index is 0.628. The number of hydrogen-bond donors (Lipinski definition) is 3. The number of β-amino-alcohol motifs (C(OH)–C–C–N with tert-alkyl or cyclic N) is 1. The Labute approximate surface area is 511 Å². The fourth-order valence-corrected chi connectivity index (χ4v) is 15.0. The number of carbonyl (C=O) groups excluding carboxylic acids is 3. The van der Waals surface area contributed by atoms with E-state index in [0.29, 0.717) is 56.9 Å². The lowest BCUT2D eigenvalue weighted by atomic mass is 9.79. The highest BCUT2D eigenvalue weighted by atomic mass is 32.1. The van der Waals surface area contributed by atoms with E-state index in [1.54, 1.807) is 11.3 Å². The summed E-state index contributed by atoms with van der Waals surface area (Å²) in [5.41, 5.74) is 8.77. The largest absolute Gasteiger partial charge is 0.508 e. The lowest BCUT2D eigenvalue weighted by Crippen LogP contribution is -2.59. The predicted molar refractivity (Wildman–Crippen MR) is 332 cm³/mol. The molecule has 1 aliphatic carbocycles. The topological polar surface area (TPSA) is 225 Å². The lowest BCUT2D eigenvalue weighted by molar-refractivity contribution is -0.141. The Kier molecular flexibility index (Phi) is 15.9. The molecule has 3 aromatic carbocycles. The number of phenols is 1. The maximum atomic E-state index is 14.4. The smallest absolute Gasteiger partial charge is 0.410 e. The summed E-state index contributed by atoms with van der Waals surface area (Å²) in [6.45, 7) is 21.0. The van der Waals surface area contributed by atoms with Crippen molar-refractivity contribution in [3.05, 3.63) is 101 Å². The molecule has 3 amide bonds. The summed E-state index contributed by atoms with van der Waals surface area (Å²) in [7, 11) is 0. The number of piperidine rings is 1. The van der Waals surface area contributed by atoms with E-state index < -0.39 is 23.7 Å².